The SMILES string of the molecule is C#CCNC(=O)[C@H]1O[C@@H](OC(C)=O)[C@H](OC(C)=O)[C@@H](OC(C)=O)[C@@H]1OC(C)=O. The van der Waals surface area contributed by atoms with Crippen molar-refractivity contribution in [1.29, 1.82) is 0 Å². The number of carbonyl (C=O) groups excluding carboxylic acids is 5. The van der Waals surface area contributed by atoms with Crippen LogP contribution in [0.1, 0.15) is 27.7 Å². The molecule has 0 bridgehead atoms. The van der Waals surface area contributed by atoms with E-state index >= 15 is 0 Å². The molecule has 1 saturated heterocycles. The van der Waals surface area contributed by atoms with Crippen molar-refractivity contribution in [2.24, 2.45) is 0 Å². The summed E-state index contributed by atoms with van der Waals surface area (Å²) >= 11 is 0. The largest absolute Gasteiger partial charge is 0.455 e. The molecule has 0 spiro atoms. The van der Waals surface area contributed by atoms with Crippen LogP contribution < -0.4 is 5.32 Å². The van der Waals surface area contributed by atoms with Gasteiger partial charge in [-0.1, -0.05) is 5.92 Å². The molecule has 1 amide bonds. The summed E-state index contributed by atoms with van der Waals surface area (Å²) in [5, 5.41) is 2.33. The highest BCUT2D eigenvalue weighted by Gasteiger charge is 2.55. The molecule has 1 aliphatic rings. The van der Waals surface area contributed by atoms with Crippen LogP contribution in [-0.2, 0) is 47.7 Å². The average Bonchev–Trinajstić information content (AvgIpc) is 2.55. The molecule has 1 heterocycles. The summed E-state index contributed by atoms with van der Waals surface area (Å²) in [5.74, 6) is -1.94. The molecule has 1 N–H and O–H groups in total. The number of amides is 1. The first-order chi connectivity index (χ1) is 13.1. The van der Waals surface area contributed by atoms with Crippen LogP contribution in [0, 0.1) is 12.3 Å². The van der Waals surface area contributed by atoms with Crippen molar-refractivity contribution < 1.29 is 47.7 Å². The van der Waals surface area contributed by atoms with Gasteiger partial charge in [-0.05, 0) is 0 Å². The van der Waals surface area contributed by atoms with E-state index in [0.717, 1.165) is 27.7 Å². The van der Waals surface area contributed by atoms with Crippen LogP contribution in [0.25, 0.3) is 0 Å². The van der Waals surface area contributed by atoms with Crippen molar-refractivity contribution in [1.82, 2.24) is 5.32 Å². The van der Waals surface area contributed by atoms with Gasteiger partial charge in [-0.15, -0.1) is 6.42 Å². The second kappa shape index (κ2) is 10.3. The fourth-order valence-corrected chi connectivity index (χ4v) is 2.48. The predicted octanol–water partition coefficient (Wildman–Crippen LogP) is -1.18. The molecule has 0 saturated carbocycles. The van der Waals surface area contributed by atoms with Crippen LogP contribution in [0.3, 0.4) is 0 Å². The Balaban J connectivity index is 3.38. The second-order valence-electron chi connectivity index (χ2n) is 5.68. The highest BCUT2D eigenvalue weighted by Crippen LogP contribution is 2.29. The van der Waals surface area contributed by atoms with Crippen LogP contribution in [0.2, 0.25) is 0 Å². The van der Waals surface area contributed by atoms with E-state index in [1.807, 2.05) is 0 Å². The highest BCUT2D eigenvalue weighted by atomic mass is 16.7. The Morgan fingerprint density at radius 1 is 0.821 bits per heavy atom. The lowest BCUT2D eigenvalue weighted by Gasteiger charge is -2.43. The quantitative estimate of drug-likeness (QED) is 0.329. The van der Waals surface area contributed by atoms with Crippen LogP contribution >= 0.6 is 0 Å². The Hall–Kier alpha value is -3.13. The minimum absolute atomic E-state index is 0.171. The van der Waals surface area contributed by atoms with E-state index in [1.54, 1.807) is 0 Å². The third-order valence-electron chi connectivity index (χ3n) is 3.31. The fraction of sp³-hybridized carbons (Fsp3) is 0.588. The van der Waals surface area contributed by atoms with Crippen molar-refractivity contribution in [3.05, 3.63) is 0 Å². The number of terminal acetylenes is 1. The van der Waals surface area contributed by atoms with E-state index in [9.17, 15) is 24.0 Å². The van der Waals surface area contributed by atoms with Crippen molar-refractivity contribution in [2.75, 3.05) is 6.54 Å². The summed E-state index contributed by atoms with van der Waals surface area (Å²) in [6.07, 6.45) is -2.58. The Morgan fingerprint density at radius 2 is 1.29 bits per heavy atom. The van der Waals surface area contributed by atoms with Gasteiger partial charge in [0.2, 0.25) is 12.4 Å². The summed E-state index contributed by atoms with van der Waals surface area (Å²) in [7, 11) is 0. The monoisotopic (exact) mass is 399 g/mol. The lowest BCUT2D eigenvalue weighted by atomic mass is 9.97. The smallest absolute Gasteiger partial charge is 0.305 e. The van der Waals surface area contributed by atoms with E-state index in [4.69, 9.17) is 30.1 Å². The first-order valence-corrected chi connectivity index (χ1v) is 8.12. The molecule has 0 aliphatic carbocycles. The number of esters is 4. The second-order valence-corrected chi connectivity index (χ2v) is 5.68. The molecule has 11 heteroatoms. The van der Waals surface area contributed by atoms with Gasteiger partial charge < -0.3 is 29.0 Å². The van der Waals surface area contributed by atoms with Gasteiger partial charge in [-0.2, -0.15) is 0 Å². The van der Waals surface area contributed by atoms with Crippen LogP contribution in [0.5, 0.6) is 0 Å². The molecule has 0 radical (unpaired) electrons. The zero-order valence-corrected chi connectivity index (χ0v) is 15.8. The first kappa shape index (κ1) is 22.9. The Kier molecular flexibility index (Phi) is 8.40. The minimum Gasteiger partial charge on any atom is -0.455 e. The topological polar surface area (TPSA) is 144 Å². The Morgan fingerprint density at radius 3 is 1.75 bits per heavy atom. The molecule has 1 fully saturated rings. The number of ether oxygens (including phenoxy) is 5. The zero-order valence-electron chi connectivity index (χ0n) is 15.8. The number of carbonyl (C=O) groups is 5. The molecular formula is C17H21NO10. The van der Waals surface area contributed by atoms with Gasteiger partial charge in [0.1, 0.15) is 0 Å². The number of hydrogen-bond donors (Lipinski definition) is 1. The number of rotatable bonds is 6. The molecule has 1 rings (SSSR count). The minimum atomic E-state index is -1.61. The molecule has 28 heavy (non-hydrogen) atoms. The number of hydrogen-bond acceptors (Lipinski definition) is 10. The molecule has 0 unspecified atom stereocenters. The Bertz CT molecular complexity index is 682. The summed E-state index contributed by atoms with van der Waals surface area (Å²) < 4.78 is 25.7. The molecule has 5 atom stereocenters. The maximum absolute atomic E-state index is 12.4. The van der Waals surface area contributed by atoms with Gasteiger partial charge in [0, 0.05) is 27.7 Å². The first-order valence-electron chi connectivity index (χ1n) is 8.12. The standard InChI is InChI=1S/C17H21NO10/c1-6-7-18-16(23)14-12(24-8(2)19)13(25-9(3)20)15(26-10(4)21)17(28-14)27-11(5)22/h1,12-15,17H,7H2,2-5H3,(H,18,23)/t12-,13-,14-,15+,17+/m0/s1. The van der Waals surface area contributed by atoms with Gasteiger partial charge in [0.15, 0.2) is 18.3 Å². The third-order valence-corrected chi connectivity index (χ3v) is 3.31. The van der Waals surface area contributed by atoms with Crippen LogP contribution in [0.15, 0.2) is 0 Å². The van der Waals surface area contributed by atoms with E-state index in [1.165, 1.54) is 0 Å². The summed E-state index contributed by atoms with van der Waals surface area (Å²) in [4.78, 5) is 58.4. The maximum atomic E-state index is 12.4. The van der Waals surface area contributed by atoms with Crippen molar-refractivity contribution in [3.63, 3.8) is 0 Å². The van der Waals surface area contributed by atoms with E-state index in [-0.39, 0.29) is 6.54 Å². The molecule has 11 nitrogen and oxygen atoms in total. The van der Waals surface area contributed by atoms with Crippen LogP contribution in [-0.4, -0.2) is 67.0 Å². The van der Waals surface area contributed by atoms with Gasteiger partial charge >= 0.3 is 23.9 Å². The van der Waals surface area contributed by atoms with Crippen molar-refractivity contribution >= 4 is 29.8 Å². The zero-order chi connectivity index (χ0) is 21.4. The third kappa shape index (κ3) is 6.55. The van der Waals surface area contributed by atoms with Gasteiger partial charge in [-0.25, -0.2) is 0 Å². The molecule has 1 aliphatic heterocycles. The van der Waals surface area contributed by atoms with Gasteiger partial charge in [-0.3, -0.25) is 24.0 Å². The lowest BCUT2D eigenvalue weighted by Crippen LogP contribution is -2.65. The predicted molar refractivity (Wildman–Crippen MR) is 88.9 cm³/mol. The molecular weight excluding hydrogens is 378 g/mol. The van der Waals surface area contributed by atoms with E-state index in [2.05, 4.69) is 11.2 Å². The van der Waals surface area contributed by atoms with E-state index < -0.39 is 60.5 Å². The normalized spacial score (nSPS) is 26.2. The van der Waals surface area contributed by atoms with Crippen molar-refractivity contribution in [2.45, 2.75) is 58.4 Å². The molecule has 0 aromatic heterocycles. The summed E-state index contributed by atoms with van der Waals surface area (Å²) in [6, 6.07) is 0. The summed E-state index contributed by atoms with van der Waals surface area (Å²) in [5.41, 5.74) is 0. The maximum Gasteiger partial charge on any atom is 0.305 e. The van der Waals surface area contributed by atoms with Gasteiger partial charge in [0.05, 0.1) is 6.54 Å². The number of nitrogens with one attached hydrogen (secondary N) is 1. The summed E-state index contributed by atoms with van der Waals surface area (Å²) in [6.45, 7) is 4.05. The molecule has 154 valence electrons. The van der Waals surface area contributed by atoms with E-state index in [0.29, 0.717) is 0 Å². The van der Waals surface area contributed by atoms with Crippen LogP contribution in [0.4, 0.5) is 0 Å². The fourth-order valence-electron chi connectivity index (χ4n) is 2.48. The van der Waals surface area contributed by atoms with Gasteiger partial charge in [0.25, 0.3) is 5.91 Å². The Labute approximate surface area is 160 Å². The molecule has 0 aromatic carbocycles. The molecule has 0 aromatic rings. The van der Waals surface area contributed by atoms with Crippen molar-refractivity contribution in [3.8, 4) is 12.3 Å². The highest BCUT2D eigenvalue weighted by molar-refractivity contribution is 5.83. The average molecular weight is 399 g/mol. The lowest BCUT2D eigenvalue weighted by molar-refractivity contribution is -0.290.